The summed E-state index contributed by atoms with van der Waals surface area (Å²) < 4.78 is 0.984. The second-order valence-electron chi connectivity index (χ2n) is 4.95. The average molecular weight is 362 g/mol. The fourth-order valence-corrected chi connectivity index (χ4v) is 2.79. The van der Waals surface area contributed by atoms with Crippen LogP contribution in [0.4, 0.5) is 5.69 Å². The molecule has 1 N–H and O–H groups in total. The Morgan fingerprint density at radius 1 is 1.14 bits per heavy atom. The predicted molar refractivity (Wildman–Crippen MR) is 92.9 cm³/mol. The van der Waals surface area contributed by atoms with Crippen LogP contribution >= 0.6 is 27.5 Å². The highest BCUT2D eigenvalue weighted by Gasteiger charge is 2.08. The van der Waals surface area contributed by atoms with Crippen molar-refractivity contribution >= 4 is 44.1 Å². The summed E-state index contributed by atoms with van der Waals surface area (Å²) in [6.07, 6.45) is 1.82. The Kier molecular flexibility index (Phi) is 4.13. The van der Waals surface area contributed by atoms with Crippen LogP contribution in [-0.2, 0) is 0 Å². The molecular weight excluding hydrogens is 348 g/mol. The van der Waals surface area contributed by atoms with E-state index in [2.05, 4.69) is 51.4 Å². The van der Waals surface area contributed by atoms with Gasteiger partial charge in [0.2, 0.25) is 0 Å². The molecule has 2 nitrogen and oxygen atoms in total. The molecule has 1 unspecified atom stereocenters. The Balaban J connectivity index is 1.92. The minimum absolute atomic E-state index is 0.179. The molecule has 1 atom stereocenters. The fraction of sp³-hybridized carbons (Fsp3) is 0.118. The first kappa shape index (κ1) is 14.4. The van der Waals surface area contributed by atoms with E-state index >= 15 is 0 Å². The third-order valence-electron chi connectivity index (χ3n) is 3.42. The van der Waals surface area contributed by atoms with Crippen LogP contribution < -0.4 is 5.32 Å². The lowest BCUT2D eigenvalue weighted by Gasteiger charge is -2.17. The molecule has 0 amide bonds. The summed E-state index contributed by atoms with van der Waals surface area (Å²) in [6.45, 7) is 2.13. The van der Waals surface area contributed by atoms with E-state index in [1.54, 1.807) is 0 Å². The molecule has 1 heterocycles. The first-order valence-electron chi connectivity index (χ1n) is 6.70. The van der Waals surface area contributed by atoms with E-state index in [9.17, 15) is 0 Å². The minimum Gasteiger partial charge on any atom is -0.377 e. The molecular formula is C17H14BrClN2. The van der Waals surface area contributed by atoms with Crippen LogP contribution in [0.3, 0.4) is 0 Å². The van der Waals surface area contributed by atoms with Gasteiger partial charge in [0.05, 0.1) is 11.2 Å². The predicted octanol–water partition coefficient (Wildman–Crippen LogP) is 5.82. The van der Waals surface area contributed by atoms with E-state index in [1.165, 1.54) is 5.56 Å². The van der Waals surface area contributed by atoms with Crippen LogP contribution in [0.2, 0.25) is 5.02 Å². The molecule has 3 rings (SSSR count). The average Bonchev–Trinajstić information content (AvgIpc) is 2.47. The lowest BCUT2D eigenvalue weighted by molar-refractivity contribution is 0.886. The normalized spacial score (nSPS) is 12.3. The van der Waals surface area contributed by atoms with Crippen molar-refractivity contribution in [3.05, 3.63) is 69.8 Å². The number of fused-ring (bicyclic) bond motifs is 1. The fourth-order valence-electron chi connectivity index (χ4n) is 2.32. The number of pyridine rings is 1. The maximum Gasteiger partial charge on any atom is 0.0934 e. The molecule has 0 bridgehead atoms. The van der Waals surface area contributed by atoms with E-state index in [-0.39, 0.29) is 6.04 Å². The van der Waals surface area contributed by atoms with Crippen LogP contribution in [0.1, 0.15) is 18.5 Å². The molecule has 21 heavy (non-hydrogen) atoms. The number of hydrogen-bond donors (Lipinski definition) is 1. The summed E-state index contributed by atoms with van der Waals surface area (Å²) in [5.74, 6) is 0. The Labute approximate surface area is 137 Å². The molecule has 0 fully saturated rings. The molecule has 0 spiro atoms. The highest BCUT2D eigenvalue weighted by Crippen LogP contribution is 2.27. The third kappa shape index (κ3) is 3.20. The van der Waals surface area contributed by atoms with Crippen molar-refractivity contribution in [3.8, 4) is 0 Å². The van der Waals surface area contributed by atoms with E-state index in [1.807, 2.05) is 36.5 Å². The number of rotatable bonds is 3. The number of anilines is 1. The van der Waals surface area contributed by atoms with Crippen molar-refractivity contribution in [1.29, 1.82) is 0 Å². The van der Waals surface area contributed by atoms with Crippen LogP contribution in [0, 0.1) is 0 Å². The molecule has 1 aromatic heterocycles. The summed E-state index contributed by atoms with van der Waals surface area (Å²) in [5, 5.41) is 5.38. The number of aromatic nitrogens is 1. The third-order valence-corrected chi connectivity index (χ3v) is 4.11. The van der Waals surface area contributed by atoms with Gasteiger partial charge in [-0.1, -0.05) is 35.9 Å². The zero-order valence-electron chi connectivity index (χ0n) is 11.5. The zero-order chi connectivity index (χ0) is 14.8. The van der Waals surface area contributed by atoms with Crippen molar-refractivity contribution in [2.45, 2.75) is 13.0 Å². The molecule has 2 aromatic carbocycles. The van der Waals surface area contributed by atoms with Crippen molar-refractivity contribution in [1.82, 2.24) is 4.98 Å². The molecule has 3 aromatic rings. The van der Waals surface area contributed by atoms with Crippen molar-refractivity contribution in [2.24, 2.45) is 0 Å². The summed E-state index contributed by atoms with van der Waals surface area (Å²) in [6, 6.07) is 16.3. The van der Waals surface area contributed by atoms with Gasteiger partial charge in [-0.2, -0.15) is 0 Å². The van der Waals surface area contributed by atoms with Gasteiger partial charge < -0.3 is 5.32 Å². The number of nitrogens with zero attached hydrogens (tertiary/aromatic N) is 1. The van der Waals surface area contributed by atoms with Crippen LogP contribution in [0.25, 0.3) is 10.9 Å². The Bertz CT molecular complexity index is 771. The highest BCUT2D eigenvalue weighted by molar-refractivity contribution is 9.10. The van der Waals surface area contributed by atoms with E-state index < -0.39 is 0 Å². The highest BCUT2D eigenvalue weighted by atomic mass is 79.9. The SMILES string of the molecule is CC(Nc1cccc2cc(Br)cnc12)c1ccc(Cl)cc1. The Morgan fingerprint density at radius 2 is 1.90 bits per heavy atom. The van der Waals surface area contributed by atoms with Gasteiger partial charge in [-0.25, -0.2) is 0 Å². The van der Waals surface area contributed by atoms with E-state index in [0.29, 0.717) is 0 Å². The maximum absolute atomic E-state index is 5.93. The van der Waals surface area contributed by atoms with Crippen molar-refractivity contribution < 1.29 is 0 Å². The molecule has 4 heteroatoms. The quantitative estimate of drug-likeness (QED) is 0.635. The number of nitrogens with one attached hydrogen (secondary N) is 1. The van der Waals surface area contributed by atoms with Crippen molar-refractivity contribution in [3.63, 3.8) is 0 Å². The van der Waals surface area contributed by atoms with Gasteiger partial charge in [-0.05, 0) is 52.7 Å². The molecule has 106 valence electrons. The van der Waals surface area contributed by atoms with E-state index in [0.717, 1.165) is 26.1 Å². The lowest BCUT2D eigenvalue weighted by Crippen LogP contribution is -2.07. The Morgan fingerprint density at radius 3 is 2.67 bits per heavy atom. The van der Waals surface area contributed by atoms with Crippen LogP contribution in [0.5, 0.6) is 0 Å². The summed E-state index contributed by atoms with van der Waals surface area (Å²) in [7, 11) is 0. The molecule has 0 saturated heterocycles. The van der Waals surface area contributed by atoms with Crippen LogP contribution in [-0.4, -0.2) is 4.98 Å². The summed E-state index contributed by atoms with van der Waals surface area (Å²) in [5.41, 5.74) is 3.19. The van der Waals surface area contributed by atoms with Gasteiger partial charge in [0, 0.05) is 27.1 Å². The monoisotopic (exact) mass is 360 g/mol. The van der Waals surface area contributed by atoms with Gasteiger partial charge in [0.15, 0.2) is 0 Å². The largest absolute Gasteiger partial charge is 0.377 e. The first-order valence-corrected chi connectivity index (χ1v) is 7.87. The second kappa shape index (κ2) is 6.04. The standard InChI is InChI=1S/C17H14BrClN2/c1-11(12-5-7-15(19)8-6-12)21-16-4-2-3-13-9-14(18)10-20-17(13)16/h2-11,21H,1H3. The van der Waals surface area contributed by atoms with Crippen molar-refractivity contribution in [2.75, 3.05) is 5.32 Å². The van der Waals surface area contributed by atoms with Gasteiger partial charge >= 0.3 is 0 Å². The first-order chi connectivity index (χ1) is 10.1. The maximum atomic E-state index is 5.93. The number of para-hydroxylation sites is 1. The molecule has 0 radical (unpaired) electrons. The van der Waals surface area contributed by atoms with Gasteiger partial charge in [-0.3, -0.25) is 4.98 Å². The van der Waals surface area contributed by atoms with Crippen LogP contribution in [0.15, 0.2) is 59.2 Å². The smallest absolute Gasteiger partial charge is 0.0934 e. The van der Waals surface area contributed by atoms with Gasteiger partial charge in [0.25, 0.3) is 0 Å². The zero-order valence-corrected chi connectivity index (χ0v) is 13.8. The summed E-state index contributed by atoms with van der Waals surface area (Å²) in [4.78, 5) is 4.51. The van der Waals surface area contributed by atoms with E-state index in [4.69, 9.17) is 11.6 Å². The lowest BCUT2D eigenvalue weighted by atomic mass is 10.1. The summed E-state index contributed by atoms with van der Waals surface area (Å²) >= 11 is 9.39. The molecule has 0 aliphatic carbocycles. The second-order valence-corrected chi connectivity index (χ2v) is 6.30. The van der Waals surface area contributed by atoms with Gasteiger partial charge in [0.1, 0.15) is 0 Å². The topological polar surface area (TPSA) is 24.9 Å². The molecule has 0 aliphatic heterocycles. The molecule has 0 saturated carbocycles. The minimum atomic E-state index is 0.179. The van der Waals surface area contributed by atoms with Gasteiger partial charge in [-0.15, -0.1) is 0 Å². The molecule has 0 aliphatic rings. The number of benzene rings is 2. The Hall–Kier alpha value is -1.58. The number of halogens is 2. The number of hydrogen-bond acceptors (Lipinski definition) is 2.